The van der Waals surface area contributed by atoms with Crippen molar-refractivity contribution < 1.29 is 4.79 Å². The predicted octanol–water partition coefficient (Wildman–Crippen LogP) is 3.51. The molecule has 1 aromatic heterocycles. The first-order valence-electron chi connectivity index (χ1n) is 7.07. The third-order valence-electron chi connectivity index (χ3n) is 3.47. The van der Waals surface area contributed by atoms with Gasteiger partial charge in [-0.05, 0) is 48.9 Å². The summed E-state index contributed by atoms with van der Waals surface area (Å²) >= 11 is 5.87. The van der Waals surface area contributed by atoms with Crippen LogP contribution in [-0.2, 0) is 0 Å². The van der Waals surface area contributed by atoms with Crippen LogP contribution in [0.2, 0.25) is 5.02 Å². The van der Waals surface area contributed by atoms with Gasteiger partial charge in [0, 0.05) is 17.8 Å². The first-order chi connectivity index (χ1) is 11.0. The molecule has 3 aromatic rings. The lowest BCUT2D eigenvalue weighted by Crippen LogP contribution is -2.27. The molecule has 0 atom stereocenters. The lowest BCUT2D eigenvalue weighted by Gasteiger charge is -2.15. The minimum Gasteiger partial charge on any atom is -0.309 e. The lowest BCUT2D eigenvalue weighted by atomic mass is 10.2. The Balaban J connectivity index is 1.84. The molecule has 0 unspecified atom stereocenters. The van der Waals surface area contributed by atoms with Crippen LogP contribution in [0.25, 0.3) is 5.69 Å². The van der Waals surface area contributed by atoms with Crippen LogP contribution >= 0.6 is 11.6 Å². The van der Waals surface area contributed by atoms with Crippen LogP contribution in [0.15, 0.2) is 54.9 Å². The maximum absolute atomic E-state index is 12.5. The van der Waals surface area contributed by atoms with Gasteiger partial charge in [-0.15, -0.1) is 5.10 Å². The van der Waals surface area contributed by atoms with Gasteiger partial charge >= 0.3 is 0 Å². The summed E-state index contributed by atoms with van der Waals surface area (Å²) in [6.45, 7) is 1.98. The summed E-state index contributed by atoms with van der Waals surface area (Å²) in [6, 6.07) is 14.9. The second-order valence-corrected chi connectivity index (χ2v) is 5.63. The summed E-state index contributed by atoms with van der Waals surface area (Å²) in [4.78, 5) is 18.2. The number of hydrogen-bond donors (Lipinski definition) is 0. The number of anilines is 1. The van der Waals surface area contributed by atoms with E-state index >= 15 is 0 Å². The molecule has 2 aromatic carbocycles. The Bertz CT molecular complexity index is 842. The summed E-state index contributed by atoms with van der Waals surface area (Å²) < 4.78 is 1.55. The van der Waals surface area contributed by atoms with E-state index in [1.807, 2.05) is 43.3 Å². The van der Waals surface area contributed by atoms with E-state index in [-0.39, 0.29) is 11.7 Å². The van der Waals surface area contributed by atoms with Crippen LogP contribution in [0.1, 0.15) is 16.2 Å². The molecule has 0 spiro atoms. The van der Waals surface area contributed by atoms with Gasteiger partial charge in [0.25, 0.3) is 5.91 Å². The number of carbonyl (C=O) groups excluding carboxylic acids is 1. The number of rotatable bonds is 3. The summed E-state index contributed by atoms with van der Waals surface area (Å²) in [5, 5.41) is 4.89. The monoisotopic (exact) mass is 326 g/mol. The Hall–Kier alpha value is -2.66. The number of carbonyl (C=O) groups is 1. The molecule has 1 heterocycles. The number of halogens is 1. The van der Waals surface area contributed by atoms with Gasteiger partial charge in [-0.2, -0.15) is 0 Å². The maximum Gasteiger partial charge on any atom is 0.297 e. The highest BCUT2D eigenvalue weighted by molar-refractivity contribution is 6.30. The standard InChI is InChI=1S/C17H15ClN4O/c1-12-4-3-5-15(10-12)21(2)17(23)16-19-11-22(20-16)14-8-6-13(18)7-9-14/h3-11H,1-2H3. The van der Waals surface area contributed by atoms with Crippen LogP contribution < -0.4 is 4.90 Å². The minimum absolute atomic E-state index is 0.143. The van der Waals surface area contributed by atoms with Crippen molar-refractivity contribution in [2.45, 2.75) is 6.92 Å². The molecule has 0 radical (unpaired) electrons. The highest BCUT2D eigenvalue weighted by atomic mass is 35.5. The average molecular weight is 327 g/mol. The molecular formula is C17H15ClN4O. The van der Waals surface area contributed by atoms with Crippen molar-refractivity contribution >= 4 is 23.2 Å². The first kappa shape index (κ1) is 15.2. The number of amides is 1. The Morgan fingerprint density at radius 1 is 1.17 bits per heavy atom. The maximum atomic E-state index is 12.5. The predicted molar refractivity (Wildman–Crippen MR) is 90.3 cm³/mol. The van der Waals surface area contributed by atoms with Gasteiger partial charge in [0.2, 0.25) is 5.82 Å². The third-order valence-corrected chi connectivity index (χ3v) is 3.72. The molecule has 0 saturated heterocycles. The van der Waals surface area contributed by atoms with Crippen molar-refractivity contribution in [2.75, 3.05) is 11.9 Å². The first-order valence-corrected chi connectivity index (χ1v) is 7.45. The highest BCUT2D eigenvalue weighted by Gasteiger charge is 2.18. The average Bonchev–Trinajstić information content (AvgIpc) is 3.04. The molecule has 23 heavy (non-hydrogen) atoms. The molecule has 5 nitrogen and oxygen atoms in total. The number of nitrogens with zero attached hydrogens (tertiary/aromatic N) is 4. The molecule has 0 fully saturated rings. The largest absolute Gasteiger partial charge is 0.309 e. The Morgan fingerprint density at radius 3 is 2.61 bits per heavy atom. The van der Waals surface area contributed by atoms with Crippen LogP contribution in [0.4, 0.5) is 5.69 Å². The molecule has 1 amide bonds. The quantitative estimate of drug-likeness (QED) is 0.740. The zero-order chi connectivity index (χ0) is 16.4. The van der Waals surface area contributed by atoms with E-state index in [0.29, 0.717) is 5.02 Å². The molecule has 0 N–H and O–H groups in total. The molecule has 116 valence electrons. The Morgan fingerprint density at radius 2 is 1.91 bits per heavy atom. The fourth-order valence-corrected chi connectivity index (χ4v) is 2.31. The van der Waals surface area contributed by atoms with Gasteiger partial charge in [0.05, 0.1) is 5.69 Å². The van der Waals surface area contributed by atoms with Gasteiger partial charge in [-0.1, -0.05) is 23.7 Å². The van der Waals surface area contributed by atoms with E-state index in [1.165, 1.54) is 11.2 Å². The van der Waals surface area contributed by atoms with E-state index in [9.17, 15) is 4.79 Å². The van der Waals surface area contributed by atoms with Crippen molar-refractivity contribution in [3.05, 3.63) is 71.3 Å². The van der Waals surface area contributed by atoms with Gasteiger partial charge < -0.3 is 4.90 Å². The van der Waals surface area contributed by atoms with Gasteiger partial charge in [-0.25, -0.2) is 9.67 Å². The van der Waals surface area contributed by atoms with E-state index in [2.05, 4.69) is 10.1 Å². The number of aromatic nitrogens is 3. The molecule has 0 saturated carbocycles. The highest BCUT2D eigenvalue weighted by Crippen LogP contribution is 2.17. The summed E-state index contributed by atoms with van der Waals surface area (Å²) in [6.07, 6.45) is 1.51. The lowest BCUT2D eigenvalue weighted by molar-refractivity contribution is 0.0983. The molecule has 0 bridgehead atoms. The Kier molecular flexibility index (Phi) is 4.12. The van der Waals surface area contributed by atoms with Crippen molar-refractivity contribution in [2.24, 2.45) is 0 Å². The smallest absolute Gasteiger partial charge is 0.297 e. The van der Waals surface area contributed by atoms with Crippen molar-refractivity contribution in [1.29, 1.82) is 0 Å². The van der Waals surface area contributed by atoms with Crippen LogP contribution in [0.5, 0.6) is 0 Å². The van der Waals surface area contributed by atoms with Gasteiger partial charge in [0.15, 0.2) is 0 Å². The van der Waals surface area contributed by atoms with Gasteiger partial charge in [0.1, 0.15) is 6.33 Å². The summed E-state index contributed by atoms with van der Waals surface area (Å²) in [7, 11) is 1.71. The molecule has 0 aliphatic heterocycles. The third kappa shape index (κ3) is 3.24. The molecule has 3 rings (SSSR count). The van der Waals surface area contributed by atoms with Gasteiger partial charge in [-0.3, -0.25) is 4.79 Å². The summed E-state index contributed by atoms with van der Waals surface area (Å²) in [5.74, 6) is -0.118. The van der Waals surface area contributed by atoms with Crippen LogP contribution in [0, 0.1) is 6.92 Å². The van der Waals surface area contributed by atoms with Crippen LogP contribution in [-0.4, -0.2) is 27.7 Å². The Labute approximate surface area is 139 Å². The molecule has 6 heteroatoms. The van der Waals surface area contributed by atoms with Crippen molar-refractivity contribution in [3.63, 3.8) is 0 Å². The molecule has 0 aliphatic carbocycles. The summed E-state index contributed by atoms with van der Waals surface area (Å²) in [5.41, 5.74) is 2.68. The molecule has 0 aliphatic rings. The van der Waals surface area contributed by atoms with E-state index in [1.54, 1.807) is 23.9 Å². The normalized spacial score (nSPS) is 10.6. The second-order valence-electron chi connectivity index (χ2n) is 5.19. The van der Waals surface area contributed by atoms with Crippen molar-refractivity contribution in [3.8, 4) is 5.69 Å². The fourth-order valence-electron chi connectivity index (χ4n) is 2.18. The topological polar surface area (TPSA) is 51.0 Å². The van der Waals surface area contributed by atoms with E-state index in [0.717, 1.165) is 16.9 Å². The fraction of sp³-hybridized carbons (Fsp3) is 0.118. The van der Waals surface area contributed by atoms with E-state index < -0.39 is 0 Å². The van der Waals surface area contributed by atoms with E-state index in [4.69, 9.17) is 11.6 Å². The zero-order valence-electron chi connectivity index (χ0n) is 12.8. The number of hydrogen-bond acceptors (Lipinski definition) is 3. The minimum atomic E-state index is -0.261. The molecular weight excluding hydrogens is 312 g/mol. The van der Waals surface area contributed by atoms with Crippen LogP contribution in [0.3, 0.4) is 0 Å². The SMILES string of the molecule is Cc1cccc(N(C)C(=O)c2ncn(-c3ccc(Cl)cc3)n2)c1. The zero-order valence-corrected chi connectivity index (χ0v) is 13.5. The second kappa shape index (κ2) is 6.22. The number of aryl methyl sites for hydroxylation is 1. The number of benzene rings is 2. The van der Waals surface area contributed by atoms with Crippen molar-refractivity contribution in [1.82, 2.24) is 14.8 Å².